The van der Waals surface area contributed by atoms with Gasteiger partial charge in [-0.3, -0.25) is 0 Å². The Kier molecular flexibility index (Phi) is 2.90. The number of nitrogens with zero attached hydrogens (tertiary/aromatic N) is 1. The van der Waals surface area contributed by atoms with E-state index in [-0.39, 0.29) is 6.79 Å². The summed E-state index contributed by atoms with van der Waals surface area (Å²) in [5.41, 5.74) is 2.94. The van der Waals surface area contributed by atoms with Crippen molar-refractivity contribution in [3.05, 3.63) is 51.8 Å². The number of halogens is 1. The third-order valence-corrected chi connectivity index (χ3v) is 4.15. The van der Waals surface area contributed by atoms with Crippen molar-refractivity contribution in [1.29, 1.82) is 0 Å². The van der Waals surface area contributed by atoms with Gasteiger partial charge in [0.2, 0.25) is 6.79 Å². The van der Waals surface area contributed by atoms with E-state index in [1.807, 2.05) is 41.0 Å². The van der Waals surface area contributed by atoms with Gasteiger partial charge in [-0.1, -0.05) is 23.7 Å². The molecule has 106 valence electrons. The molecule has 0 fully saturated rings. The molecular weight excluding hydrogens is 308 g/mol. The first-order chi connectivity index (χ1) is 10.2. The van der Waals surface area contributed by atoms with Crippen molar-refractivity contribution in [3.63, 3.8) is 0 Å². The zero-order valence-corrected chi connectivity index (χ0v) is 12.5. The molecule has 0 bridgehead atoms. The highest BCUT2D eigenvalue weighted by atomic mass is 35.5. The Morgan fingerprint density at radius 1 is 1.19 bits per heavy atom. The fourth-order valence-electron chi connectivity index (χ4n) is 2.55. The van der Waals surface area contributed by atoms with Crippen LogP contribution in [-0.2, 0) is 6.54 Å². The Morgan fingerprint density at radius 2 is 2.05 bits per heavy atom. The van der Waals surface area contributed by atoms with E-state index in [0.29, 0.717) is 16.3 Å². The highest BCUT2D eigenvalue weighted by Gasteiger charge is 2.14. The van der Waals surface area contributed by atoms with Crippen LogP contribution in [0.3, 0.4) is 0 Å². The summed E-state index contributed by atoms with van der Waals surface area (Å²) >= 11 is 11.7. The molecule has 4 nitrogen and oxygen atoms in total. The molecule has 0 aliphatic carbocycles. The SMILES string of the molecule is S=c1[nH]c2cccc(Cl)c2n1Cc1ccc2c(c1)OCO2. The molecule has 0 spiro atoms. The molecule has 4 rings (SSSR count). The summed E-state index contributed by atoms with van der Waals surface area (Å²) in [6.45, 7) is 0.899. The van der Waals surface area contributed by atoms with E-state index in [1.165, 1.54) is 0 Å². The molecule has 0 radical (unpaired) electrons. The lowest BCUT2D eigenvalue weighted by molar-refractivity contribution is 0.174. The third-order valence-electron chi connectivity index (χ3n) is 3.52. The van der Waals surface area contributed by atoms with Crippen LogP contribution in [0.4, 0.5) is 0 Å². The predicted octanol–water partition coefficient (Wildman–Crippen LogP) is 4.13. The first-order valence-electron chi connectivity index (χ1n) is 6.48. The zero-order valence-electron chi connectivity index (χ0n) is 10.9. The van der Waals surface area contributed by atoms with Crippen molar-refractivity contribution in [2.75, 3.05) is 6.79 Å². The van der Waals surface area contributed by atoms with Gasteiger partial charge in [0, 0.05) is 0 Å². The summed E-state index contributed by atoms with van der Waals surface area (Å²) < 4.78 is 13.4. The summed E-state index contributed by atoms with van der Waals surface area (Å²) in [6, 6.07) is 11.6. The van der Waals surface area contributed by atoms with E-state index < -0.39 is 0 Å². The van der Waals surface area contributed by atoms with Crippen molar-refractivity contribution in [2.24, 2.45) is 0 Å². The molecule has 0 saturated heterocycles. The van der Waals surface area contributed by atoms with E-state index in [9.17, 15) is 0 Å². The molecule has 3 aromatic rings. The Bertz CT molecular complexity index is 900. The average Bonchev–Trinajstić information content (AvgIpc) is 3.04. The van der Waals surface area contributed by atoms with Crippen molar-refractivity contribution < 1.29 is 9.47 Å². The third kappa shape index (κ3) is 2.09. The molecule has 6 heteroatoms. The van der Waals surface area contributed by atoms with Crippen molar-refractivity contribution in [1.82, 2.24) is 9.55 Å². The smallest absolute Gasteiger partial charge is 0.231 e. The van der Waals surface area contributed by atoms with Crippen molar-refractivity contribution in [2.45, 2.75) is 6.54 Å². The maximum absolute atomic E-state index is 6.30. The number of para-hydroxylation sites is 1. The van der Waals surface area contributed by atoms with Gasteiger partial charge in [-0.2, -0.15) is 0 Å². The molecule has 0 amide bonds. The molecule has 0 atom stereocenters. The minimum absolute atomic E-state index is 0.275. The van der Waals surface area contributed by atoms with Crippen LogP contribution in [0.15, 0.2) is 36.4 Å². The number of fused-ring (bicyclic) bond motifs is 2. The number of aromatic amines is 1. The number of rotatable bonds is 2. The van der Waals surface area contributed by atoms with Crippen molar-refractivity contribution >= 4 is 34.9 Å². The standard InChI is InChI=1S/C15H11ClN2O2S/c16-10-2-1-3-11-14(10)18(15(21)17-11)7-9-4-5-12-13(6-9)20-8-19-12/h1-6H,7-8H2,(H,17,21). The lowest BCUT2D eigenvalue weighted by atomic mass is 10.2. The molecular formula is C15H11ClN2O2S. The van der Waals surface area contributed by atoms with Crippen LogP contribution >= 0.6 is 23.8 Å². The molecule has 1 aliphatic heterocycles. The minimum atomic E-state index is 0.275. The van der Waals surface area contributed by atoms with E-state index in [0.717, 1.165) is 28.1 Å². The number of hydrogen-bond acceptors (Lipinski definition) is 3. The van der Waals surface area contributed by atoms with Gasteiger partial charge in [0.1, 0.15) is 0 Å². The summed E-state index contributed by atoms with van der Waals surface area (Å²) in [5, 5.41) is 0.681. The quantitative estimate of drug-likeness (QED) is 0.722. The molecule has 21 heavy (non-hydrogen) atoms. The maximum Gasteiger partial charge on any atom is 0.231 e. The fourth-order valence-corrected chi connectivity index (χ4v) is 3.09. The number of benzene rings is 2. The molecule has 2 heterocycles. The second-order valence-corrected chi connectivity index (χ2v) is 5.63. The van der Waals surface area contributed by atoms with Gasteiger partial charge in [0.05, 0.1) is 22.6 Å². The Labute approximate surface area is 130 Å². The van der Waals surface area contributed by atoms with Crippen LogP contribution in [0.25, 0.3) is 11.0 Å². The monoisotopic (exact) mass is 318 g/mol. The topological polar surface area (TPSA) is 39.2 Å². The van der Waals surface area contributed by atoms with Gasteiger partial charge < -0.3 is 19.0 Å². The van der Waals surface area contributed by atoms with Crippen LogP contribution in [0, 0.1) is 4.77 Å². The summed E-state index contributed by atoms with van der Waals surface area (Å²) in [5.74, 6) is 1.55. The van der Waals surface area contributed by atoms with Crippen molar-refractivity contribution in [3.8, 4) is 11.5 Å². The van der Waals surface area contributed by atoms with Crippen LogP contribution in [0.2, 0.25) is 5.02 Å². The second kappa shape index (κ2) is 4.79. The lowest BCUT2D eigenvalue weighted by Gasteiger charge is -2.07. The van der Waals surface area contributed by atoms with Gasteiger partial charge in [0.15, 0.2) is 16.3 Å². The number of imidazole rings is 1. The van der Waals surface area contributed by atoms with Gasteiger partial charge in [0.25, 0.3) is 0 Å². The van der Waals surface area contributed by atoms with Crippen LogP contribution in [0.5, 0.6) is 11.5 Å². The van der Waals surface area contributed by atoms with Crippen LogP contribution in [0.1, 0.15) is 5.56 Å². The van der Waals surface area contributed by atoms with E-state index in [1.54, 1.807) is 0 Å². The summed E-state index contributed by atoms with van der Waals surface area (Å²) in [7, 11) is 0. The largest absolute Gasteiger partial charge is 0.454 e. The Hall–Kier alpha value is -1.98. The number of nitrogens with one attached hydrogen (secondary N) is 1. The number of hydrogen-bond donors (Lipinski definition) is 1. The summed E-state index contributed by atoms with van der Waals surface area (Å²) in [4.78, 5) is 3.18. The fraction of sp³-hybridized carbons (Fsp3) is 0.133. The van der Waals surface area contributed by atoms with E-state index in [4.69, 9.17) is 33.3 Å². The maximum atomic E-state index is 6.30. The normalized spacial score (nSPS) is 13.0. The molecule has 1 aliphatic rings. The number of H-pyrrole nitrogens is 1. The molecule has 0 saturated carbocycles. The van der Waals surface area contributed by atoms with Crippen LogP contribution in [-0.4, -0.2) is 16.3 Å². The van der Waals surface area contributed by atoms with Crippen LogP contribution < -0.4 is 9.47 Å². The second-order valence-electron chi connectivity index (χ2n) is 4.84. The van der Waals surface area contributed by atoms with Gasteiger partial charge >= 0.3 is 0 Å². The Balaban J connectivity index is 1.81. The lowest BCUT2D eigenvalue weighted by Crippen LogP contribution is -2.00. The number of ether oxygens (including phenoxy) is 2. The van der Waals surface area contributed by atoms with Gasteiger partial charge in [-0.05, 0) is 42.0 Å². The van der Waals surface area contributed by atoms with Gasteiger partial charge in [-0.15, -0.1) is 0 Å². The average molecular weight is 319 g/mol. The highest BCUT2D eigenvalue weighted by molar-refractivity contribution is 7.71. The summed E-state index contributed by atoms with van der Waals surface area (Å²) in [6.07, 6.45) is 0. The predicted molar refractivity (Wildman–Crippen MR) is 83.8 cm³/mol. The highest BCUT2D eigenvalue weighted by Crippen LogP contribution is 2.33. The Morgan fingerprint density at radius 3 is 2.95 bits per heavy atom. The minimum Gasteiger partial charge on any atom is -0.454 e. The first-order valence-corrected chi connectivity index (χ1v) is 7.26. The van der Waals surface area contributed by atoms with E-state index >= 15 is 0 Å². The molecule has 2 aromatic carbocycles. The molecule has 0 unspecified atom stereocenters. The molecule has 1 aromatic heterocycles. The number of aromatic nitrogens is 2. The first kappa shape index (κ1) is 12.7. The van der Waals surface area contributed by atoms with E-state index in [2.05, 4.69) is 4.98 Å². The van der Waals surface area contributed by atoms with Gasteiger partial charge in [-0.25, -0.2) is 0 Å². The molecule has 1 N–H and O–H groups in total. The zero-order chi connectivity index (χ0) is 14.4.